The van der Waals surface area contributed by atoms with Crippen LogP contribution in [0.2, 0.25) is 0 Å². The molecule has 0 saturated carbocycles. The van der Waals surface area contributed by atoms with Gasteiger partial charge in [-0.1, -0.05) is 59.4 Å². The summed E-state index contributed by atoms with van der Waals surface area (Å²) in [5, 5.41) is 10.6. The van der Waals surface area contributed by atoms with Crippen LogP contribution in [0, 0.1) is 6.92 Å². The highest BCUT2D eigenvalue weighted by Crippen LogP contribution is 2.37. The average molecular weight is 362 g/mol. The zero-order chi connectivity index (χ0) is 18.3. The number of allylic oxidation sites excluding steroid dienone is 1. The van der Waals surface area contributed by atoms with E-state index in [1.165, 1.54) is 4.57 Å². The zero-order valence-electron chi connectivity index (χ0n) is 14.6. The molecule has 1 aliphatic rings. The average Bonchev–Trinajstić information content (AvgIpc) is 3.08. The second-order valence-corrected chi connectivity index (χ2v) is 7.39. The molecule has 2 heterocycles. The Balaban J connectivity index is 1.72. The highest BCUT2D eigenvalue weighted by atomic mass is 32.1. The molecular weight excluding hydrogens is 344 g/mol. The van der Waals surface area contributed by atoms with Gasteiger partial charge in [-0.2, -0.15) is 0 Å². The Morgan fingerprint density at radius 3 is 2.62 bits per heavy atom. The number of aryl methyl sites for hydroxylation is 1. The van der Waals surface area contributed by atoms with Gasteiger partial charge in [0.25, 0.3) is 0 Å². The molecule has 4 rings (SSSR count). The summed E-state index contributed by atoms with van der Waals surface area (Å²) < 4.78 is 1.41. The fourth-order valence-corrected chi connectivity index (χ4v) is 3.90. The first kappa shape index (κ1) is 16.5. The maximum Gasteiger partial charge on any atom is 0.310 e. The number of para-hydroxylation sites is 1. The summed E-state index contributed by atoms with van der Waals surface area (Å²) in [6, 6.07) is 15.8. The number of nitrogens with zero attached hydrogens (tertiary/aromatic N) is 2. The lowest BCUT2D eigenvalue weighted by Gasteiger charge is -2.05. The minimum atomic E-state index is -0.171. The summed E-state index contributed by atoms with van der Waals surface area (Å²) in [7, 11) is 0. The number of hydrogen-bond acceptors (Lipinski definition) is 4. The number of rotatable bonds is 3. The topological polar surface area (TPSA) is 54.6 Å². The molecule has 1 aliphatic heterocycles. The van der Waals surface area contributed by atoms with E-state index in [1.807, 2.05) is 68.5 Å². The van der Waals surface area contributed by atoms with E-state index in [1.54, 1.807) is 0 Å². The molecular formula is C21H18N2O2S. The van der Waals surface area contributed by atoms with E-state index >= 15 is 0 Å². The lowest BCUT2D eigenvalue weighted by atomic mass is 10.0. The molecule has 26 heavy (non-hydrogen) atoms. The van der Waals surface area contributed by atoms with Gasteiger partial charge in [0.2, 0.25) is 5.88 Å². The molecule has 0 spiro atoms. The SMILES string of the molecule is CC1=Nc2ccccc2/C1=C\c1sc(=O)n(Cc2ccc(C)cc2)c1O. The van der Waals surface area contributed by atoms with Gasteiger partial charge in [0.1, 0.15) is 0 Å². The van der Waals surface area contributed by atoms with Crippen molar-refractivity contribution in [2.24, 2.45) is 4.99 Å². The third-order valence-electron chi connectivity index (χ3n) is 4.50. The third kappa shape index (κ3) is 2.91. The predicted molar refractivity (Wildman–Crippen MR) is 108 cm³/mol. The van der Waals surface area contributed by atoms with Crippen LogP contribution in [0.1, 0.15) is 28.5 Å². The lowest BCUT2D eigenvalue weighted by molar-refractivity contribution is 0.420. The van der Waals surface area contributed by atoms with Crippen molar-refractivity contribution in [1.29, 1.82) is 0 Å². The molecule has 3 aromatic rings. The molecule has 0 aliphatic carbocycles. The van der Waals surface area contributed by atoms with Gasteiger partial charge in [0.15, 0.2) is 0 Å². The number of thiazole rings is 1. The Labute approximate surface area is 155 Å². The molecule has 0 radical (unpaired) electrons. The van der Waals surface area contributed by atoms with Crippen LogP contribution in [0.3, 0.4) is 0 Å². The van der Waals surface area contributed by atoms with Crippen LogP contribution in [0.4, 0.5) is 5.69 Å². The second kappa shape index (κ2) is 6.42. The van der Waals surface area contributed by atoms with Crippen LogP contribution in [0.5, 0.6) is 5.88 Å². The Morgan fingerprint density at radius 2 is 1.85 bits per heavy atom. The standard InChI is InChI=1S/C21H18N2O2S/c1-13-7-9-15(10-8-13)12-23-20(24)19(26-21(23)25)11-17-14(2)22-18-6-4-3-5-16(17)18/h3-11,24H,12H2,1-2H3/b17-11-. The van der Waals surface area contributed by atoms with Crippen LogP contribution in [0.25, 0.3) is 11.6 Å². The van der Waals surface area contributed by atoms with Gasteiger partial charge in [-0.3, -0.25) is 14.4 Å². The van der Waals surface area contributed by atoms with Crippen LogP contribution < -0.4 is 4.87 Å². The second-order valence-electron chi connectivity index (χ2n) is 6.40. The maximum absolute atomic E-state index is 12.4. The minimum absolute atomic E-state index is 0.00487. The van der Waals surface area contributed by atoms with Gasteiger partial charge in [0, 0.05) is 16.8 Å². The summed E-state index contributed by atoms with van der Waals surface area (Å²) in [4.78, 5) is 17.3. The summed E-state index contributed by atoms with van der Waals surface area (Å²) in [6.45, 7) is 4.31. The Kier molecular flexibility index (Phi) is 4.09. The van der Waals surface area contributed by atoms with Crippen LogP contribution in [-0.2, 0) is 6.54 Å². The fourth-order valence-electron chi connectivity index (χ4n) is 3.07. The molecule has 130 valence electrons. The molecule has 0 atom stereocenters. The van der Waals surface area contributed by atoms with Crippen molar-refractivity contribution in [3.05, 3.63) is 79.8 Å². The van der Waals surface area contributed by atoms with Crippen molar-refractivity contribution < 1.29 is 5.11 Å². The largest absolute Gasteiger partial charge is 0.493 e. The molecule has 4 nitrogen and oxygen atoms in total. The molecule has 5 heteroatoms. The monoisotopic (exact) mass is 362 g/mol. The summed E-state index contributed by atoms with van der Waals surface area (Å²) in [5.74, 6) is 0.00487. The smallest absolute Gasteiger partial charge is 0.310 e. The van der Waals surface area contributed by atoms with Crippen molar-refractivity contribution in [2.45, 2.75) is 20.4 Å². The Hall–Kier alpha value is -2.92. The van der Waals surface area contributed by atoms with E-state index in [0.29, 0.717) is 11.4 Å². The Bertz CT molecular complexity index is 1100. The van der Waals surface area contributed by atoms with Crippen molar-refractivity contribution in [1.82, 2.24) is 4.57 Å². The minimum Gasteiger partial charge on any atom is -0.493 e. The van der Waals surface area contributed by atoms with E-state index in [2.05, 4.69) is 4.99 Å². The van der Waals surface area contributed by atoms with Gasteiger partial charge in [-0.15, -0.1) is 0 Å². The summed E-state index contributed by atoms with van der Waals surface area (Å²) in [6.07, 6.45) is 1.86. The molecule has 0 fully saturated rings. The van der Waals surface area contributed by atoms with E-state index < -0.39 is 0 Å². The van der Waals surface area contributed by atoms with Crippen molar-refractivity contribution in [3.8, 4) is 5.88 Å². The highest BCUT2D eigenvalue weighted by Gasteiger charge is 2.19. The normalized spacial score (nSPS) is 14.5. The van der Waals surface area contributed by atoms with Gasteiger partial charge in [0.05, 0.1) is 17.1 Å². The van der Waals surface area contributed by atoms with Gasteiger partial charge in [-0.05, 0) is 31.6 Å². The maximum atomic E-state index is 12.4. The number of aromatic hydroxyl groups is 1. The molecule has 2 aromatic carbocycles. The molecule has 0 unspecified atom stereocenters. The van der Waals surface area contributed by atoms with E-state index in [0.717, 1.165) is 45.0 Å². The van der Waals surface area contributed by atoms with E-state index in [9.17, 15) is 9.90 Å². The number of hydrogen-bond donors (Lipinski definition) is 1. The molecule has 0 saturated heterocycles. The number of fused-ring (bicyclic) bond motifs is 1. The first-order chi connectivity index (χ1) is 12.5. The first-order valence-corrected chi connectivity index (χ1v) is 9.19. The molecule has 0 bridgehead atoms. The van der Waals surface area contributed by atoms with Crippen molar-refractivity contribution in [2.75, 3.05) is 0 Å². The Morgan fingerprint density at radius 1 is 1.12 bits per heavy atom. The van der Waals surface area contributed by atoms with Crippen LogP contribution in [-0.4, -0.2) is 15.4 Å². The van der Waals surface area contributed by atoms with Gasteiger partial charge < -0.3 is 5.11 Å². The zero-order valence-corrected chi connectivity index (χ0v) is 15.4. The van der Waals surface area contributed by atoms with Gasteiger partial charge >= 0.3 is 4.87 Å². The lowest BCUT2D eigenvalue weighted by Crippen LogP contribution is -2.13. The van der Waals surface area contributed by atoms with Crippen LogP contribution >= 0.6 is 11.3 Å². The number of aromatic nitrogens is 1. The van der Waals surface area contributed by atoms with Crippen LogP contribution in [0.15, 0.2) is 58.3 Å². The third-order valence-corrected chi connectivity index (χ3v) is 5.42. The van der Waals surface area contributed by atoms with E-state index in [-0.39, 0.29) is 10.8 Å². The number of aliphatic imine (C=N–C) groups is 1. The molecule has 1 aromatic heterocycles. The molecule has 0 amide bonds. The summed E-state index contributed by atoms with van der Waals surface area (Å²) >= 11 is 1.05. The fraction of sp³-hybridized carbons (Fsp3) is 0.143. The highest BCUT2D eigenvalue weighted by molar-refractivity contribution is 7.10. The number of benzene rings is 2. The van der Waals surface area contributed by atoms with Gasteiger partial charge in [-0.25, -0.2) is 0 Å². The van der Waals surface area contributed by atoms with Crippen molar-refractivity contribution >= 4 is 34.4 Å². The van der Waals surface area contributed by atoms with Crippen molar-refractivity contribution in [3.63, 3.8) is 0 Å². The first-order valence-electron chi connectivity index (χ1n) is 8.38. The summed E-state index contributed by atoms with van der Waals surface area (Å²) in [5.41, 5.74) is 5.92. The van der Waals surface area contributed by atoms with E-state index in [4.69, 9.17) is 0 Å². The predicted octanol–water partition coefficient (Wildman–Crippen LogP) is 4.62. The quantitative estimate of drug-likeness (QED) is 0.739. The molecule has 1 N–H and O–H groups in total.